The Kier molecular flexibility index (Phi) is 4.25. The van der Waals surface area contributed by atoms with Gasteiger partial charge in [-0.3, -0.25) is 0 Å². The number of nitrogens with zero attached hydrogens (tertiary/aromatic N) is 2. The van der Waals surface area contributed by atoms with Crippen LogP contribution >= 0.6 is 11.8 Å². The zero-order valence-electron chi connectivity index (χ0n) is 10.9. The summed E-state index contributed by atoms with van der Waals surface area (Å²) in [5.74, 6) is 0. The number of alkyl halides is 3. The fourth-order valence-corrected chi connectivity index (χ4v) is 3.56. The van der Waals surface area contributed by atoms with Crippen LogP contribution in [0.3, 0.4) is 0 Å². The van der Waals surface area contributed by atoms with Gasteiger partial charge in [0.05, 0.1) is 5.56 Å². The third kappa shape index (κ3) is 3.07. The van der Waals surface area contributed by atoms with Crippen LogP contribution < -0.4 is 5.32 Å². The summed E-state index contributed by atoms with van der Waals surface area (Å²) in [7, 11) is 0. The number of pyridine rings is 1. The van der Waals surface area contributed by atoms with Gasteiger partial charge in [-0.15, -0.1) is 0 Å². The second kappa shape index (κ2) is 5.62. The van der Waals surface area contributed by atoms with Gasteiger partial charge in [-0.2, -0.15) is 18.4 Å². The van der Waals surface area contributed by atoms with Gasteiger partial charge in [0, 0.05) is 17.8 Å². The summed E-state index contributed by atoms with van der Waals surface area (Å²) in [6, 6.07) is 3.97. The molecule has 0 saturated carbocycles. The minimum atomic E-state index is -4.49. The average molecular weight is 301 g/mol. The van der Waals surface area contributed by atoms with E-state index in [1.165, 1.54) is 17.8 Å². The standard InChI is InChI=1S/C13H14F3N3S/c1-2-5-12(7-18-8-12)20-11-9(6-17)3-4-10(19-11)13(14,15)16/h3-4,18H,2,5,7-8H2,1H3. The van der Waals surface area contributed by atoms with E-state index in [1.54, 1.807) is 0 Å². The van der Waals surface area contributed by atoms with Crippen molar-refractivity contribution in [3.63, 3.8) is 0 Å². The summed E-state index contributed by atoms with van der Waals surface area (Å²) in [6.45, 7) is 3.49. The Labute approximate surface area is 119 Å². The van der Waals surface area contributed by atoms with E-state index in [0.717, 1.165) is 32.0 Å². The molecule has 3 nitrogen and oxygen atoms in total. The van der Waals surface area contributed by atoms with Crippen LogP contribution in [-0.4, -0.2) is 22.8 Å². The normalized spacial score (nSPS) is 17.4. The molecule has 0 radical (unpaired) electrons. The maximum absolute atomic E-state index is 12.7. The van der Waals surface area contributed by atoms with Crippen molar-refractivity contribution in [3.8, 4) is 6.07 Å². The Balaban J connectivity index is 2.32. The minimum Gasteiger partial charge on any atom is -0.314 e. The largest absolute Gasteiger partial charge is 0.433 e. The summed E-state index contributed by atoms with van der Waals surface area (Å²) in [6.07, 6.45) is -2.66. The van der Waals surface area contributed by atoms with E-state index in [-0.39, 0.29) is 15.3 Å². The van der Waals surface area contributed by atoms with Crippen LogP contribution in [0.25, 0.3) is 0 Å². The Bertz CT molecular complexity index is 533. The van der Waals surface area contributed by atoms with Gasteiger partial charge in [-0.25, -0.2) is 4.98 Å². The van der Waals surface area contributed by atoms with Gasteiger partial charge in [0.1, 0.15) is 16.8 Å². The number of thioether (sulfide) groups is 1. The number of nitriles is 1. The van der Waals surface area contributed by atoms with Gasteiger partial charge in [0.2, 0.25) is 0 Å². The van der Waals surface area contributed by atoms with Crippen LogP contribution in [0.1, 0.15) is 31.0 Å². The highest BCUT2D eigenvalue weighted by Gasteiger charge is 2.39. The maximum Gasteiger partial charge on any atom is 0.433 e. The summed E-state index contributed by atoms with van der Waals surface area (Å²) in [4.78, 5) is 3.65. The summed E-state index contributed by atoms with van der Waals surface area (Å²) in [5.41, 5.74) is -0.747. The molecular formula is C13H14F3N3S. The highest BCUT2D eigenvalue weighted by atomic mass is 32.2. The molecule has 0 unspecified atom stereocenters. The molecule has 1 N–H and O–H groups in total. The number of rotatable bonds is 4. The molecule has 1 saturated heterocycles. The number of aromatic nitrogens is 1. The van der Waals surface area contributed by atoms with Crippen LogP contribution in [0.4, 0.5) is 13.2 Å². The third-order valence-electron chi connectivity index (χ3n) is 3.18. The number of nitrogens with one attached hydrogen (secondary N) is 1. The molecule has 0 spiro atoms. The van der Waals surface area contributed by atoms with Crippen molar-refractivity contribution in [3.05, 3.63) is 23.4 Å². The zero-order chi connectivity index (χ0) is 14.8. The maximum atomic E-state index is 12.7. The summed E-state index contributed by atoms with van der Waals surface area (Å²) < 4.78 is 38.0. The lowest BCUT2D eigenvalue weighted by Gasteiger charge is -2.41. The Hall–Kier alpha value is -1.26. The van der Waals surface area contributed by atoms with E-state index in [0.29, 0.717) is 0 Å². The second-order valence-electron chi connectivity index (χ2n) is 4.80. The fraction of sp³-hybridized carbons (Fsp3) is 0.538. The monoisotopic (exact) mass is 301 g/mol. The molecule has 7 heteroatoms. The van der Waals surface area contributed by atoms with Gasteiger partial charge in [-0.1, -0.05) is 25.1 Å². The van der Waals surface area contributed by atoms with Crippen LogP contribution in [0, 0.1) is 11.3 Å². The van der Waals surface area contributed by atoms with Gasteiger partial charge in [-0.05, 0) is 18.6 Å². The summed E-state index contributed by atoms with van der Waals surface area (Å²) in [5, 5.41) is 12.3. The van der Waals surface area contributed by atoms with Crippen molar-refractivity contribution in [2.24, 2.45) is 0 Å². The van der Waals surface area contributed by atoms with Crippen LogP contribution in [0.15, 0.2) is 17.2 Å². The average Bonchev–Trinajstić information content (AvgIpc) is 2.35. The number of hydrogen-bond donors (Lipinski definition) is 1. The highest BCUT2D eigenvalue weighted by Crippen LogP contribution is 2.41. The Morgan fingerprint density at radius 2 is 2.15 bits per heavy atom. The van der Waals surface area contributed by atoms with E-state index in [2.05, 4.69) is 10.3 Å². The first kappa shape index (κ1) is 15.1. The molecule has 1 aliphatic heterocycles. The predicted octanol–water partition coefficient (Wildman–Crippen LogP) is 3.21. The molecule has 0 aromatic carbocycles. The van der Waals surface area contributed by atoms with E-state index in [1.807, 2.05) is 13.0 Å². The molecule has 1 aromatic heterocycles. The smallest absolute Gasteiger partial charge is 0.314 e. The SMILES string of the molecule is CCCC1(Sc2nc(C(F)(F)F)ccc2C#N)CNC1. The van der Waals surface area contributed by atoms with Crippen molar-refractivity contribution in [1.82, 2.24) is 10.3 Å². The van der Waals surface area contributed by atoms with Crippen molar-refractivity contribution >= 4 is 11.8 Å². The predicted molar refractivity (Wildman–Crippen MR) is 70.3 cm³/mol. The number of halogens is 3. The minimum absolute atomic E-state index is 0.141. The molecule has 1 fully saturated rings. The third-order valence-corrected chi connectivity index (χ3v) is 4.61. The molecule has 1 aliphatic rings. The summed E-state index contributed by atoms with van der Waals surface area (Å²) >= 11 is 1.29. The first-order valence-electron chi connectivity index (χ1n) is 6.28. The van der Waals surface area contributed by atoms with Crippen molar-refractivity contribution in [2.75, 3.05) is 13.1 Å². The van der Waals surface area contributed by atoms with E-state index >= 15 is 0 Å². The topological polar surface area (TPSA) is 48.7 Å². The Morgan fingerprint density at radius 1 is 1.45 bits per heavy atom. The molecule has 0 bridgehead atoms. The van der Waals surface area contributed by atoms with Crippen molar-refractivity contribution < 1.29 is 13.2 Å². The van der Waals surface area contributed by atoms with E-state index < -0.39 is 11.9 Å². The van der Waals surface area contributed by atoms with Gasteiger partial charge < -0.3 is 5.32 Å². The first-order valence-corrected chi connectivity index (χ1v) is 7.10. The lowest BCUT2D eigenvalue weighted by Crippen LogP contribution is -2.56. The molecule has 2 heterocycles. The van der Waals surface area contributed by atoms with Crippen molar-refractivity contribution in [1.29, 1.82) is 5.26 Å². The van der Waals surface area contributed by atoms with Gasteiger partial charge in [0.15, 0.2) is 0 Å². The van der Waals surface area contributed by atoms with Gasteiger partial charge >= 0.3 is 6.18 Å². The fourth-order valence-electron chi connectivity index (χ4n) is 2.13. The Morgan fingerprint density at radius 3 is 2.60 bits per heavy atom. The lowest BCUT2D eigenvalue weighted by atomic mass is 9.97. The highest BCUT2D eigenvalue weighted by molar-refractivity contribution is 8.00. The molecule has 108 valence electrons. The van der Waals surface area contributed by atoms with Crippen LogP contribution in [0.2, 0.25) is 0 Å². The lowest BCUT2D eigenvalue weighted by molar-refractivity contribution is -0.141. The molecular weight excluding hydrogens is 287 g/mol. The number of hydrogen-bond acceptors (Lipinski definition) is 4. The quantitative estimate of drug-likeness (QED) is 0.927. The molecule has 2 rings (SSSR count). The van der Waals surface area contributed by atoms with E-state index in [9.17, 15) is 13.2 Å². The molecule has 0 atom stereocenters. The molecule has 1 aromatic rings. The second-order valence-corrected chi connectivity index (χ2v) is 6.25. The molecule has 0 aliphatic carbocycles. The zero-order valence-corrected chi connectivity index (χ0v) is 11.7. The van der Waals surface area contributed by atoms with Crippen molar-refractivity contribution in [2.45, 2.75) is 35.7 Å². The van der Waals surface area contributed by atoms with Crippen LogP contribution in [-0.2, 0) is 6.18 Å². The van der Waals surface area contributed by atoms with E-state index in [4.69, 9.17) is 5.26 Å². The first-order chi connectivity index (χ1) is 9.40. The molecule has 20 heavy (non-hydrogen) atoms. The van der Waals surface area contributed by atoms with Gasteiger partial charge in [0.25, 0.3) is 0 Å². The molecule has 0 amide bonds. The van der Waals surface area contributed by atoms with Crippen LogP contribution in [0.5, 0.6) is 0 Å².